The smallest absolute Gasteiger partial charge is 0.268 e. The van der Waals surface area contributed by atoms with Crippen LogP contribution in [0.25, 0.3) is 10.9 Å². The molecule has 4 rings (SSSR count). The molecule has 3 heteroatoms. The summed E-state index contributed by atoms with van der Waals surface area (Å²) in [6.07, 6.45) is 0. The SMILES string of the molecule is C[C@H](NC(=O)c1cc2ccccc2n1Cc1ccccc1)c1ccccc1. The van der Waals surface area contributed by atoms with Crippen LogP contribution in [0.3, 0.4) is 0 Å². The van der Waals surface area contributed by atoms with E-state index in [4.69, 9.17) is 0 Å². The number of nitrogens with one attached hydrogen (secondary N) is 1. The largest absolute Gasteiger partial charge is 0.344 e. The van der Waals surface area contributed by atoms with Crippen LogP contribution in [0.1, 0.15) is 34.6 Å². The lowest BCUT2D eigenvalue weighted by atomic mass is 10.1. The Kier molecular flexibility index (Phi) is 4.75. The van der Waals surface area contributed by atoms with Gasteiger partial charge in [-0.15, -0.1) is 0 Å². The number of benzene rings is 3. The zero-order chi connectivity index (χ0) is 18.6. The minimum Gasteiger partial charge on any atom is -0.344 e. The molecule has 3 nitrogen and oxygen atoms in total. The summed E-state index contributed by atoms with van der Waals surface area (Å²) >= 11 is 0. The van der Waals surface area contributed by atoms with Crippen molar-refractivity contribution in [1.29, 1.82) is 0 Å². The zero-order valence-electron chi connectivity index (χ0n) is 15.3. The van der Waals surface area contributed by atoms with Crippen LogP contribution in [0.15, 0.2) is 91.0 Å². The number of aromatic nitrogens is 1. The standard InChI is InChI=1S/C24H22N2O/c1-18(20-12-6-3-7-13-20)25-24(27)23-16-21-14-8-9-15-22(21)26(23)17-19-10-4-2-5-11-19/h2-16,18H,17H2,1H3,(H,25,27)/t18-/m0/s1. The molecule has 0 radical (unpaired) electrons. The van der Waals surface area contributed by atoms with E-state index >= 15 is 0 Å². The summed E-state index contributed by atoms with van der Waals surface area (Å²) < 4.78 is 2.09. The molecule has 0 spiro atoms. The Morgan fingerprint density at radius 1 is 0.889 bits per heavy atom. The summed E-state index contributed by atoms with van der Waals surface area (Å²) in [6.45, 7) is 2.67. The van der Waals surface area contributed by atoms with Crippen molar-refractivity contribution in [3.63, 3.8) is 0 Å². The van der Waals surface area contributed by atoms with Crippen LogP contribution in [-0.4, -0.2) is 10.5 Å². The number of hydrogen-bond acceptors (Lipinski definition) is 1. The molecule has 0 aliphatic carbocycles. The van der Waals surface area contributed by atoms with Crippen LogP contribution < -0.4 is 5.32 Å². The van der Waals surface area contributed by atoms with Crippen molar-refractivity contribution in [3.8, 4) is 0 Å². The lowest BCUT2D eigenvalue weighted by Crippen LogP contribution is -2.28. The van der Waals surface area contributed by atoms with Gasteiger partial charge >= 0.3 is 0 Å². The normalized spacial score (nSPS) is 12.0. The van der Waals surface area contributed by atoms with Gasteiger partial charge in [0, 0.05) is 17.4 Å². The summed E-state index contributed by atoms with van der Waals surface area (Å²) in [5, 5.41) is 4.21. The number of rotatable bonds is 5. The average Bonchev–Trinajstić information content (AvgIpc) is 3.08. The Morgan fingerprint density at radius 2 is 1.52 bits per heavy atom. The molecule has 0 unspecified atom stereocenters. The Hall–Kier alpha value is -3.33. The van der Waals surface area contributed by atoms with Gasteiger partial charge in [-0.25, -0.2) is 0 Å². The van der Waals surface area contributed by atoms with E-state index in [0.29, 0.717) is 12.2 Å². The summed E-state index contributed by atoms with van der Waals surface area (Å²) in [4.78, 5) is 13.1. The molecule has 1 amide bonds. The fourth-order valence-electron chi connectivity index (χ4n) is 3.43. The maximum atomic E-state index is 13.1. The molecule has 4 aromatic rings. The van der Waals surface area contributed by atoms with Crippen molar-refractivity contribution >= 4 is 16.8 Å². The molecule has 134 valence electrons. The van der Waals surface area contributed by atoms with Gasteiger partial charge in [0.1, 0.15) is 5.69 Å². The number of carbonyl (C=O) groups excluding carboxylic acids is 1. The number of para-hydroxylation sites is 1. The Balaban J connectivity index is 1.68. The lowest BCUT2D eigenvalue weighted by Gasteiger charge is -2.16. The van der Waals surface area contributed by atoms with Crippen molar-refractivity contribution < 1.29 is 4.79 Å². The van der Waals surface area contributed by atoms with Crippen molar-refractivity contribution in [1.82, 2.24) is 9.88 Å². The van der Waals surface area contributed by atoms with E-state index < -0.39 is 0 Å². The second-order valence-corrected chi connectivity index (χ2v) is 6.77. The minimum absolute atomic E-state index is 0.0538. The van der Waals surface area contributed by atoms with Gasteiger partial charge in [-0.3, -0.25) is 4.79 Å². The van der Waals surface area contributed by atoms with Gasteiger partial charge < -0.3 is 9.88 Å². The number of hydrogen-bond donors (Lipinski definition) is 1. The highest BCUT2D eigenvalue weighted by Gasteiger charge is 2.18. The zero-order valence-corrected chi connectivity index (χ0v) is 15.3. The predicted octanol–water partition coefficient (Wildman–Crippen LogP) is 5.18. The first-order chi connectivity index (χ1) is 13.2. The van der Waals surface area contributed by atoms with E-state index in [2.05, 4.69) is 28.1 Å². The minimum atomic E-state index is -0.0570. The van der Waals surface area contributed by atoms with Gasteiger partial charge in [0.15, 0.2) is 0 Å². The number of nitrogens with zero attached hydrogens (tertiary/aromatic N) is 1. The molecule has 1 aromatic heterocycles. The lowest BCUT2D eigenvalue weighted by molar-refractivity contribution is 0.0931. The first-order valence-electron chi connectivity index (χ1n) is 9.20. The molecule has 0 aliphatic heterocycles. The maximum absolute atomic E-state index is 13.1. The van der Waals surface area contributed by atoms with E-state index in [9.17, 15) is 4.79 Å². The Bertz CT molecular complexity index is 1050. The van der Waals surface area contributed by atoms with E-state index in [1.165, 1.54) is 5.56 Å². The highest BCUT2D eigenvalue weighted by Crippen LogP contribution is 2.22. The van der Waals surface area contributed by atoms with Gasteiger partial charge in [-0.2, -0.15) is 0 Å². The molecule has 1 N–H and O–H groups in total. The van der Waals surface area contributed by atoms with Crippen molar-refractivity contribution in [3.05, 3.63) is 108 Å². The summed E-state index contributed by atoms with van der Waals surface area (Å²) in [5.41, 5.74) is 4.02. The second kappa shape index (κ2) is 7.50. The molecule has 27 heavy (non-hydrogen) atoms. The first-order valence-corrected chi connectivity index (χ1v) is 9.20. The van der Waals surface area contributed by atoms with E-state index in [1.807, 2.05) is 79.7 Å². The molecule has 0 saturated heterocycles. The van der Waals surface area contributed by atoms with Crippen LogP contribution in [0.5, 0.6) is 0 Å². The van der Waals surface area contributed by atoms with Crippen LogP contribution >= 0.6 is 0 Å². The number of carbonyl (C=O) groups is 1. The van der Waals surface area contributed by atoms with Crippen molar-refractivity contribution in [2.24, 2.45) is 0 Å². The Morgan fingerprint density at radius 3 is 2.26 bits per heavy atom. The first kappa shape index (κ1) is 17.1. The van der Waals surface area contributed by atoms with Gasteiger partial charge in [-0.05, 0) is 30.2 Å². The fraction of sp³-hybridized carbons (Fsp3) is 0.125. The molecule has 0 aliphatic rings. The highest BCUT2D eigenvalue weighted by atomic mass is 16.2. The summed E-state index contributed by atoms with van der Waals surface area (Å²) in [6, 6.07) is 30.3. The predicted molar refractivity (Wildman–Crippen MR) is 110 cm³/mol. The van der Waals surface area contributed by atoms with Gasteiger partial charge in [0.05, 0.1) is 6.04 Å². The highest BCUT2D eigenvalue weighted by molar-refractivity contribution is 5.99. The molecule has 1 heterocycles. The van der Waals surface area contributed by atoms with Crippen molar-refractivity contribution in [2.75, 3.05) is 0 Å². The number of fused-ring (bicyclic) bond motifs is 1. The topological polar surface area (TPSA) is 34.0 Å². The third-order valence-electron chi connectivity index (χ3n) is 4.87. The fourth-order valence-corrected chi connectivity index (χ4v) is 3.43. The molecule has 0 bridgehead atoms. The second-order valence-electron chi connectivity index (χ2n) is 6.77. The van der Waals surface area contributed by atoms with Crippen LogP contribution in [-0.2, 0) is 6.54 Å². The van der Waals surface area contributed by atoms with E-state index in [-0.39, 0.29) is 11.9 Å². The molecular weight excluding hydrogens is 332 g/mol. The molecule has 0 saturated carbocycles. The maximum Gasteiger partial charge on any atom is 0.268 e. The summed E-state index contributed by atoms with van der Waals surface area (Å²) in [5.74, 6) is -0.0570. The van der Waals surface area contributed by atoms with E-state index in [0.717, 1.165) is 16.5 Å². The molecule has 0 fully saturated rings. The quantitative estimate of drug-likeness (QED) is 0.526. The van der Waals surface area contributed by atoms with Crippen LogP contribution in [0.4, 0.5) is 0 Å². The summed E-state index contributed by atoms with van der Waals surface area (Å²) in [7, 11) is 0. The molecule has 1 atom stereocenters. The molecule has 3 aromatic carbocycles. The van der Waals surface area contributed by atoms with Crippen LogP contribution in [0.2, 0.25) is 0 Å². The average molecular weight is 354 g/mol. The monoisotopic (exact) mass is 354 g/mol. The Labute approximate surface area is 159 Å². The van der Waals surface area contributed by atoms with Gasteiger partial charge in [-0.1, -0.05) is 78.9 Å². The van der Waals surface area contributed by atoms with Crippen molar-refractivity contribution in [2.45, 2.75) is 19.5 Å². The van der Waals surface area contributed by atoms with Crippen LogP contribution in [0, 0.1) is 0 Å². The number of amides is 1. The van der Waals surface area contributed by atoms with Gasteiger partial charge in [0.25, 0.3) is 5.91 Å². The third kappa shape index (κ3) is 3.63. The molecular formula is C24H22N2O. The van der Waals surface area contributed by atoms with Gasteiger partial charge in [0.2, 0.25) is 0 Å². The third-order valence-corrected chi connectivity index (χ3v) is 4.87. The van der Waals surface area contributed by atoms with E-state index in [1.54, 1.807) is 0 Å².